The first-order valence-electron chi connectivity index (χ1n) is 9.40. The number of carbonyl (C=O) groups excluding carboxylic acids is 2. The van der Waals surface area contributed by atoms with Gasteiger partial charge in [-0.05, 0) is 31.0 Å². The van der Waals surface area contributed by atoms with E-state index in [2.05, 4.69) is 10.3 Å². The lowest BCUT2D eigenvalue weighted by molar-refractivity contribution is 0.0761. The van der Waals surface area contributed by atoms with Crippen molar-refractivity contribution < 1.29 is 19.1 Å². The molecule has 0 aliphatic carbocycles. The van der Waals surface area contributed by atoms with Gasteiger partial charge in [-0.3, -0.25) is 14.6 Å². The van der Waals surface area contributed by atoms with E-state index >= 15 is 0 Å². The highest BCUT2D eigenvalue weighted by Gasteiger charge is 2.19. The van der Waals surface area contributed by atoms with E-state index in [0.717, 1.165) is 38.8 Å². The van der Waals surface area contributed by atoms with E-state index in [0.29, 0.717) is 28.3 Å². The maximum absolute atomic E-state index is 12.8. The largest absolute Gasteiger partial charge is 0.497 e. The molecule has 0 radical (unpaired) electrons. The van der Waals surface area contributed by atoms with Gasteiger partial charge in [0.15, 0.2) is 0 Å². The molecule has 2 heterocycles. The molecule has 2 amide bonds. The molecule has 0 unspecified atom stereocenters. The summed E-state index contributed by atoms with van der Waals surface area (Å²) in [6, 6.07) is 6.71. The molecule has 1 aliphatic rings. The third kappa shape index (κ3) is 4.60. The van der Waals surface area contributed by atoms with Crippen LogP contribution in [0.5, 0.6) is 11.5 Å². The Hall–Kier alpha value is -3.09. The van der Waals surface area contributed by atoms with Crippen molar-refractivity contribution >= 4 is 17.5 Å². The van der Waals surface area contributed by atoms with Crippen molar-refractivity contribution in [3.05, 3.63) is 47.8 Å². The van der Waals surface area contributed by atoms with Crippen molar-refractivity contribution in [3.63, 3.8) is 0 Å². The zero-order valence-electron chi connectivity index (χ0n) is 16.2. The smallest absolute Gasteiger partial charge is 0.257 e. The second-order valence-electron chi connectivity index (χ2n) is 6.69. The van der Waals surface area contributed by atoms with Crippen LogP contribution in [0.2, 0.25) is 0 Å². The zero-order chi connectivity index (χ0) is 19.9. The first kappa shape index (κ1) is 19.7. The number of carbonyl (C=O) groups is 2. The lowest BCUT2D eigenvalue weighted by Crippen LogP contribution is -2.32. The molecule has 7 nitrogen and oxygen atoms in total. The van der Waals surface area contributed by atoms with Gasteiger partial charge in [-0.2, -0.15) is 0 Å². The average Bonchev–Trinajstić information content (AvgIpc) is 3.03. The van der Waals surface area contributed by atoms with E-state index in [1.807, 2.05) is 4.90 Å². The molecule has 7 heteroatoms. The van der Waals surface area contributed by atoms with Crippen LogP contribution in [0, 0.1) is 0 Å². The van der Waals surface area contributed by atoms with Crippen LogP contribution in [0.25, 0.3) is 0 Å². The minimum atomic E-state index is -0.360. The highest BCUT2D eigenvalue weighted by Crippen LogP contribution is 2.29. The highest BCUT2D eigenvalue weighted by atomic mass is 16.5. The fourth-order valence-electron chi connectivity index (χ4n) is 3.23. The van der Waals surface area contributed by atoms with Crippen LogP contribution in [0.3, 0.4) is 0 Å². The summed E-state index contributed by atoms with van der Waals surface area (Å²) in [5.41, 5.74) is 1.26. The van der Waals surface area contributed by atoms with Gasteiger partial charge in [0.1, 0.15) is 11.5 Å². The van der Waals surface area contributed by atoms with Gasteiger partial charge in [-0.15, -0.1) is 0 Å². The molecule has 1 aromatic carbocycles. The molecule has 1 aromatic heterocycles. The number of nitrogens with zero attached hydrogens (tertiary/aromatic N) is 2. The van der Waals surface area contributed by atoms with Gasteiger partial charge in [-0.1, -0.05) is 12.8 Å². The molecule has 0 bridgehead atoms. The number of hydrogen-bond acceptors (Lipinski definition) is 5. The second kappa shape index (κ2) is 9.21. The number of anilines is 1. The Kier molecular flexibility index (Phi) is 6.47. The summed E-state index contributed by atoms with van der Waals surface area (Å²) in [6.45, 7) is 1.50. The van der Waals surface area contributed by atoms with Crippen molar-refractivity contribution in [3.8, 4) is 11.5 Å². The maximum atomic E-state index is 12.8. The van der Waals surface area contributed by atoms with Crippen LogP contribution in [0.15, 0.2) is 36.7 Å². The molecule has 0 saturated carbocycles. The van der Waals surface area contributed by atoms with Crippen LogP contribution in [0.1, 0.15) is 46.4 Å². The number of aromatic nitrogens is 1. The van der Waals surface area contributed by atoms with Gasteiger partial charge in [0.25, 0.3) is 11.8 Å². The second-order valence-corrected chi connectivity index (χ2v) is 6.69. The molecular weight excluding hydrogens is 358 g/mol. The Bertz CT molecular complexity index is 845. The SMILES string of the molecule is COc1ccc(NC(=O)c2cncc(C(=O)N3CCCCCC3)c2)c(OC)c1. The number of benzene rings is 1. The molecule has 0 atom stereocenters. The van der Waals surface area contributed by atoms with Crippen molar-refractivity contribution in [2.45, 2.75) is 25.7 Å². The van der Waals surface area contributed by atoms with Crippen molar-refractivity contribution in [1.29, 1.82) is 0 Å². The summed E-state index contributed by atoms with van der Waals surface area (Å²) >= 11 is 0. The summed E-state index contributed by atoms with van der Waals surface area (Å²) in [4.78, 5) is 31.4. The molecule has 1 fully saturated rings. The monoisotopic (exact) mass is 383 g/mol. The number of nitrogens with one attached hydrogen (secondary N) is 1. The highest BCUT2D eigenvalue weighted by molar-refractivity contribution is 6.06. The van der Waals surface area contributed by atoms with E-state index in [9.17, 15) is 9.59 Å². The number of rotatable bonds is 5. The van der Waals surface area contributed by atoms with Gasteiger partial charge in [0, 0.05) is 31.5 Å². The van der Waals surface area contributed by atoms with Crippen LogP contribution < -0.4 is 14.8 Å². The van der Waals surface area contributed by atoms with E-state index in [-0.39, 0.29) is 11.8 Å². The molecule has 1 aliphatic heterocycles. The van der Waals surface area contributed by atoms with Crippen molar-refractivity contribution in [2.75, 3.05) is 32.6 Å². The quantitative estimate of drug-likeness (QED) is 0.856. The predicted octanol–water partition coefficient (Wildman–Crippen LogP) is 3.37. The number of pyridine rings is 1. The Labute approximate surface area is 164 Å². The van der Waals surface area contributed by atoms with Crippen molar-refractivity contribution in [2.24, 2.45) is 0 Å². The first-order valence-corrected chi connectivity index (χ1v) is 9.40. The summed E-state index contributed by atoms with van der Waals surface area (Å²) in [5.74, 6) is 0.673. The van der Waals surface area contributed by atoms with E-state index in [4.69, 9.17) is 9.47 Å². The zero-order valence-corrected chi connectivity index (χ0v) is 16.2. The average molecular weight is 383 g/mol. The minimum absolute atomic E-state index is 0.0777. The van der Waals surface area contributed by atoms with E-state index < -0.39 is 0 Å². The lowest BCUT2D eigenvalue weighted by Gasteiger charge is -2.20. The molecule has 3 rings (SSSR count). The number of ether oxygens (including phenoxy) is 2. The van der Waals surface area contributed by atoms with Crippen LogP contribution in [-0.2, 0) is 0 Å². The lowest BCUT2D eigenvalue weighted by atomic mass is 10.1. The standard InChI is InChI=1S/C21H25N3O4/c1-27-17-7-8-18(19(12-17)28-2)23-20(25)15-11-16(14-22-13-15)21(26)24-9-5-3-4-6-10-24/h7-8,11-14H,3-6,9-10H2,1-2H3,(H,23,25). The summed E-state index contributed by atoms with van der Waals surface area (Å²) in [7, 11) is 3.08. The van der Waals surface area contributed by atoms with Gasteiger partial charge in [0.2, 0.25) is 0 Å². The Morgan fingerprint density at radius 3 is 2.36 bits per heavy atom. The van der Waals surface area contributed by atoms with Crippen LogP contribution >= 0.6 is 0 Å². The topological polar surface area (TPSA) is 80.8 Å². The predicted molar refractivity (Wildman–Crippen MR) is 106 cm³/mol. The number of methoxy groups -OCH3 is 2. The molecular formula is C21H25N3O4. The molecule has 28 heavy (non-hydrogen) atoms. The fourth-order valence-corrected chi connectivity index (χ4v) is 3.23. The normalized spacial score (nSPS) is 14.1. The fraction of sp³-hybridized carbons (Fsp3) is 0.381. The van der Waals surface area contributed by atoms with E-state index in [1.165, 1.54) is 19.5 Å². The van der Waals surface area contributed by atoms with Crippen molar-refractivity contribution in [1.82, 2.24) is 9.88 Å². The molecule has 148 valence electrons. The maximum Gasteiger partial charge on any atom is 0.257 e. The molecule has 1 N–H and O–H groups in total. The van der Waals surface area contributed by atoms with Gasteiger partial charge in [0.05, 0.1) is 31.0 Å². The third-order valence-electron chi connectivity index (χ3n) is 4.80. The third-order valence-corrected chi connectivity index (χ3v) is 4.80. The molecule has 1 saturated heterocycles. The van der Waals surface area contributed by atoms with Gasteiger partial charge < -0.3 is 19.7 Å². The summed E-state index contributed by atoms with van der Waals surface area (Å²) in [5, 5.41) is 2.80. The van der Waals surface area contributed by atoms with Gasteiger partial charge in [-0.25, -0.2) is 0 Å². The van der Waals surface area contributed by atoms with Crippen LogP contribution in [0.4, 0.5) is 5.69 Å². The number of amides is 2. The summed E-state index contributed by atoms with van der Waals surface area (Å²) < 4.78 is 10.5. The summed E-state index contributed by atoms with van der Waals surface area (Å²) in [6.07, 6.45) is 7.28. The van der Waals surface area contributed by atoms with Gasteiger partial charge >= 0.3 is 0 Å². The Balaban J connectivity index is 1.76. The molecule has 2 aromatic rings. The Morgan fingerprint density at radius 2 is 1.68 bits per heavy atom. The number of hydrogen-bond donors (Lipinski definition) is 1. The number of likely N-dealkylation sites (tertiary alicyclic amines) is 1. The van der Waals surface area contributed by atoms with E-state index in [1.54, 1.807) is 31.4 Å². The van der Waals surface area contributed by atoms with Crippen LogP contribution in [-0.4, -0.2) is 49.0 Å². The first-order chi connectivity index (χ1) is 13.6. The minimum Gasteiger partial charge on any atom is -0.497 e. The Morgan fingerprint density at radius 1 is 0.964 bits per heavy atom. The molecule has 0 spiro atoms.